The second-order valence-electron chi connectivity index (χ2n) is 6.24. The van der Waals surface area contributed by atoms with E-state index in [0.717, 1.165) is 0 Å². The van der Waals surface area contributed by atoms with Crippen LogP contribution in [0, 0.1) is 0 Å². The zero-order chi connectivity index (χ0) is 18.4. The van der Waals surface area contributed by atoms with Gasteiger partial charge in [0.2, 0.25) is 5.91 Å². The summed E-state index contributed by atoms with van der Waals surface area (Å²) >= 11 is 0. The molecule has 1 amide bonds. The maximum Gasteiger partial charge on any atom is 0.330 e. The molecule has 1 saturated heterocycles. The molecule has 1 aliphatic rings. The van der Waals surface area contributed by atoms with E-state index in [2.05, 4.69) is 0 Å². The van der Waals surface area contributed by atoms with Crippen molar-refractivity contribution in [3.05, 3.63) is 30.3 Å². The molecule has 0 spiro atoms. The Hall–Kier alpha value is -2.41. The van der Waals surface area contributed by atoms with Crippen LogP contribution in [0.1, 0.15) is 32.6 Å². The first-order valence-electron chi connectivity index (χ1n) is 8.46. The Labute approximate surface area is 146 Å². The number of likely N-dealkylation sites (tertiary alicyclic amines) is 1. The molecular weight excluding hydrogens is 324 g/mol. The fourth-order valence-electron chi connectivity index (χ4n) is 3.30. The monoisotopic (exact) mass is 348 g/mol. The first-order chi connectivity index (χ1) is 11.9. The SMILES string of the molecule is CCC(=O)N(c1ccccc1)C1(C(=O)O)CCN(CCC(=O)O)CC1. The van der Waals surface area contributed by atoms with Crippen LogP contribution in [0.2, 0.25) is 0 Å². The molecule has 0 saturated carbocycles. The summed E-state index contributed by atoms with van der Waals surface area (Å²) in [6, 6.07) is 8.87. The molecule has 1 fully saturated rings. The van der Waals surface area contributed by atoms with Gasteiger partial charge in [0.25, 0.3) is 0 Å². The first-order valence-corrected chi connectivity index (χ1v) is 8.46. The smallest absolute Gasteiger partial charge is 0.330 e. The molecule has 136 valence electrons. The van der Waals surface area contributed by atoms with Gasteiger partial charge < -0.3 is 15.1 Å². The van der Waals surface area contributed by atoms with Gasteiger partial charge in [-0.2, -0.15) is 0 Å². The van der Waals surface area contributed by atoms with E-state index in [1.165, 1.54) is 4.90 Å². The number of carbonyl (C=O) groups is 3. The van der Waals surface area contributed by atoms with Crippen molar-refractivity contribution < 1.29 is 24.6 Å². The minimum absolute atomic E-state index is 0.0242. The second kappa shape index (κ2) is 8.11. The van der Waals surface area contributed by atoms with E-state index in [4.69, 9.17) is 5.11 Å². The molecule has 1 heterocycles. The third kappa shape index (κ3) is 4.17. The Balaban J connectivity index is 2.27. The Morgan fingerprint density at radius 2 is 1.72 bits per heavy atom. The molecule has 0 radical (unpaired) electrons. The zero-order valence-electron chi connectivity index (χ0n) is 14.4. The number of anilines is 1. The minimum atomic E-state index is -1.30. The molecule has 0 bridgehead atoms. The molecule has 1 aromatic rings. The van der Waals surface area contributed by atoms with E-state index >= 15 is 0 Å². The minimum Gasteiger partial charge on any atom is -0.481 e. The van der Waals surface area contributed by atoms with E-state index in [-0.39, 0.29) is 31.6 Å². The van der Waals surface area contributed by atoms with Crippen molar-refractivity contribution in [1.82, 2.24) is 4.90 Å². The number of amides is 1. The van der Waals surface area contributed by atoms with E-state index in [1.807, 2.05) is 11.0 Å². The number of hydrogen-bond donors (Lipinski definition) is 2. The lowest BCUT2D eigenvalue weighted by atomic mass is 9.84. The molecule has 0 atom stereocenters. The van der Waals surface area contributed by atoms with Crippen LogP contribution in [0.5, 0.6) is 0 Å². The van der Waals surface area contributed by atoms with Gasteiger partial charge in [-0.3, -0.25) is 14.5 Å². The van der Waals surface area contributed by atoms with Crippen LogP contribution in [0.15, 0.2) is 30.3 Å². The topological polar surface area (TPSA) is 98.2 Å². The van der Waals surface area contributed by atoms with Crippen LogP contribution in [0.3, 0.4) is 0 Å². The maximum absolute atomic E-state index is 12.6. The summed E-state index contributed by atoms with van der Waals surface area (Å²) in [7, 11) is 0. The summed E-state index contributed by atoms with van der Waals surface area (Å²) in [4.78, 5) is 38.9. The molecule has 25 heavy (non-hydrogen) atoms. The Morgan fingerprint density at radius 3 is 2.20 bits per heavy atom. The average Bonchev–Trinajstić information content (AvgIpc) is 2.61. The summed E-state index contributed by atoms with van der Waals surface area (Å²) in [5, 5.41) is 18.8. The largest absolute Gasteiger partial charge is 0.481 e. The average molecular weight is 348 g/mol. The molecule has 0 unspecified atom stereocenters. The van der Waals surface area contributed by atoms with Crippen LogP contribution in [-0.4, -0.2) is 58.1 Å². The summed E-state index contributed by atoms with van der Waals surface area (Å²) in [6.07, 6.45) is 0.772. The van der Waals surface area contributed by atoms with Gasteiger partial charge >= 0.3 is 11.9 Å². The number of rotatable bonds is 7. The normalized spacial score (nSPS) is 17.0. The van der Waals surface area contributed by atoms with Gasteiger partial charge in [-0.15, -0.1) is 0 Å². The number of benzene rings is 1. The van der Waals surface area contributed by atoms with Crippen LogP contribution < -0.4 is 4.90 Å². The number of piperidine rings is 1. The number of carboxylic acid groups (broad SMARTS) is 2. The highest BCUT2D eigenvalue weighted by Gasteiger charge is 2.48. The Bertz CT molecular complexity index is 624. The van der Waals surface area contributed by atoms with Crippen LogP contribution >= 0.6 is 0 Å². The molecule has 0 aromatic heterocycles. The number of aliphatic carboxylic acids is 2. The van der Waals surface area contributed by atoms with Gasteiger partial charge in [0.15, 0.2) is 0 Å². The third-order valence-corrected chi connectivity index (χ3v) is 4.72. The fraction of sp³-hybridized carbons (Fsp3) is 0.500. The Kier molecular flexibility index (Phi) is 6.14. The summed E-state index contributed by atoms with van der Waals surface area (Å²) < 4.78 is 0. The fourth-order valence-corrected chi connectivity index (χ4v) is 3.30. The predicted octanol–water partition coefficient (Wildman–Crippen LogP) is 1.82. The van der Waals surface area contributed by atoms with Gasteiger partial charge in [0.05, 0.1) is 6.42 Å². The van der Waals surface area contributed by atoms with E-state index in [9.17, 15) is 19.5 Å². The van der Waals surface area contributed by atoms with Crippen LogP contribution in [-0.2, 0) is 14.4 Å². The van der Waals surface area contributed by atoms with E-state index < -0.39 is 17.5 Å². The van der Waals surface area contributed by atoms with Crippen molar-refractivity contribution in [3.8, 4) is 0 Å². The highest BCUT2D eigenvalue weighted by molar-refractivity contribution is 6.01. The number of carbonyl (C=O) groups excluding carboxylic acids is 1. The van der Waals surface area contributed by atoms with Crippen molar-refractivity contribution in [2.45, 2.75) is 38.1 Å². The lowest BCUT2D eigenvalue weighted by Gasteiger charge is -2.45. The van der Waals surface area contributed by atoms with Crippen molar-refractivity contribution in [2.24, 2.45) is 0 Å². The lowest BCUT2D eigenvalue weighted by molar-refractivity contribution is -0.147. The first kappa shape index (κ1) is 18.9. The van der Waals surface area contributed by atoms with Gasteiger partial charge in [0.1, 0.15) is 5.54 Å². The molecule has 7 nitrogen and oxygen atoms in total. The highest BCUT2D eigenvalue weighted by Crippen LogP contribution is 2.34. The molecule has 1 aliphatic heterocycles. The highest BCUT2D eigenvalue weighted by atomic mass is 16.4. The van der Waals surface area contributed by atoms with Crippen molar-refractivity contribution in [2.75, 3.05) is 24.5 Å². The maximum atomic E-state index is 12.6. The molecule has 2 rings (SSSR count). The van der Waals surface area contributed by atoms with Crippen molar-refractivity contribution >= 4 is 23.5 Å². The molecule has 7 heteroatoms. The summed E-state index contributed by atoms with van der Waals surface area (Å²) in [5.41, 5.74) is -0.718. The number of carboxylic acids is 2. The number of nitrogens with zero attached hydrogens (tertiary/aromatic N) is 2. The van der Waals surface area contributed by atoms with Gasteiger partial charge in [-0.1, -0.05) is 25.1 Å². The lowest BCUT2D eigenvalue weighted by Crippen LogP contribution is -2.62. The summed E-state index contributed by atoms with van der Waals surface area (Å²) in [5.74, 6) is -2.12. The van der Waals surface area contributed by atoms with Crippen molar-refractivity contribution in [1.29, 1.82) is 0 Å². The number of para-hydroxylation sites is 1. The molecular formula is C18H24N2O5. The van der Waals surface area contributed by atoms with Gasteiger partial charge in [-0.25, -0.2) is 4.79 Å². The second-order valence-corrected chi connectivity index (χ2v) is 6.24. The van der Waals surface area contributed by atoms with Gasteiger partial charge in [-0.05, 0) is 25.0 Å². The van der Waals surface area contributed by atoms with Crippen LogP contribution in [0.25, 0.3) is 0 Å². The molecule has 0 aliphatic carbocycles. The quantitative estimate of drug-likeness (QED) is 0.780. The summed E-state index contributed by atoms with van der Waals surface area (Å²) in [6.45, 7) is 2.99. The molecule has 1 aromatic carbocycles. The number of hydrogen-bond acceptors (Lipinski definition) is 4. The van der Waals surface area contributed by atoms with Crippen molar-refractivity contribution in [3.63, 3.8) is 0 Å². The van der Waals surface area contributed by atoms with Crippen LogP contribution in [0.4, 0.5) is 5.69 Å². The third-order valence-electron chi connectivity index (χ3n) is 4.72. The predicted molar refractivity (Wildman–Crippen MR) is 92.5 cm³/mol. The standard InChI is InChI=1S/C18H24N2O5/c1-2-15(21)20(14-6-4-3-5-7-14)18(17(24)25)9-12-19(13-10-18)11-8-16(22)23/h3-7H,2,8-13H2,1H3,(H,22,23)(H,24,25). The molecule has 2 N–H and O–H groups in total. The zero-order valence-corrected chi connectivity index (χ0v) is 14.4. The van der Waals surface area contributed by atoms with Gasteiger partial charge in [0, 0.05) is 31.7 Å². The van der Waals surface area contributed by atoms with E-state index in [0.29, 0.717) is 25.3 Å². The van der Waals surface area contributed by atoms with E-state index in [1.54, 1.807) is 31.2 Å². The Morgan fingerprint density at radius 1 is 1.12 bits per heavy atom.